The first-order chi connectivity index (χ1) is 9.30. The molecule has 0 aliphatic heterocycles. The van der Waals surface area contributed by atoms with Crippen molar-refractivity contribution < 1.29 is 5.11 Å². The number of rotatable bonds is 4. The highest BCUT2D eigenvalue weighted by molar-refractivity contribution is 5.32. The highest BCUT2D eigenvalue weighted by Gasteiger charge is 2.50. The van der Waals surface area contributed by atoms with E-state index in [1.54, 1.807) is 0 Å². The Kier molecular flexibility index (Phi) is 3.64. The fraction of sp³-hybridized carbons (Fsp3) is 0.647. The van der Waals surface area contributed by atoms with Gasteiger partial charge in [0.1, 0.15) is 0 Å². The molecule has 0 aromatic heterocycles. The average Bonchev–Trinajstić information content (AvgIpc) is 2.63. The summed E-state index contributed by atoms with van der Waals surface area (Å²) in [5, 5.41) is 13.3. The number of nitrogens with one attached hydrogen (secondary N) is 1. The van der Waals surface area contributed by atoms with Crippen molar-refractivity contribution in [3.8, 4) is 0 Å². The van der Waals surface area contributed by atoms with Gasteiger partial charge in [0, 0.05) is 12.1 Å². The van der Waals surface area contributed by atoms with E-state index in [2.05, 4.69) is 36.5 Å². The molecule has 1 aromatic rings. The molecular formula is C17H25NO. The predicted molar refractivity (Wildman–Crippen MR) is 78.2 cm³/mol. The number of hydrogen-bond acceptors (Lipinski definition) is 2. The predicted octanol–water partition coefficient (Wildman–Crippen LogP) is 2.54. The van der Waals surface area contributed by atoms with Crippen LogP contribution in [0.1, 0.15) is 37.3 Å². The topological polar surface area (TPSA) is 32.3 Å². The van der Waals surface area contributed by atoms with Crippen LogP contribution in [0.3, 0.4) is 0 Å². The molecular weight excluding hydrogens is 234 g/mol. The average molecular weight is 259 g/mol. The van der Waals surface area contributed by atoms with E-state index in [1.165, 1.54) is 36.8 Å². The van der Waals surface area contributed by atoms with Crippen molar-refractivity contribution >= 4 is 0 Å². The summed E-state index contributed by atoms with van der Waals surface area (Å²) in [6.45, 7) is 3.50. The second-order valence-electron chi connectivity index (χ2n) is 6.19. The van der Waals surface area contributed by atoms with Gasteiger partial charge in [0.05, 0.1) is 0 Å². The van der Waals surface area contributed by atoms with Crippen molar-refractivity contribution in [2.75, 3.05) is 13.2 Å². The van der Waals surface area contributed by atoms with Crippen molar-refractivity contribution in [1.82, 2.24) is 5.32 Å². The van der Waals surface area contributed by atoms with Crippen LogP contribution < -0.4 is 5.32 Å². The first kappa shape index (κ1) is 13.1. The minimum atomic E-state index is 0.169. The Morgan fingerprint density at radius 1 is 1.16 bits per heavy atom. The molecule has 2 aliphatic rings. The van der Waals surface area contributed by atoms with Gasteiger partial charge < -0.3 is 10.4 Å². The van der Waals surface area contributed by atoms with Crippen LogP contribution in [0, 0.1) is 11.8 Å². The lowest BCUT2D eigenvalue weighted by atomic mass is 9.76. The molecule has 19 heavy (non-hydrogen) atoms. The molecule has 2 atom stereocenters. The molecule has 0 saturated heterocycles. The maximum atomic E-state index is 9.54. The van der Waals surface area contributed by atoms with E-state index in [0.717, 1.165) is 13.0 Å². The third-order valence-corrected chi connectivity index (χ3v) is 5.40. The normalized spacial score (nSPS) is 32.9. The molecule has 1 saturated carbocycles. The van der Waals surface area contributed by atoms with Crippen LogP contribution in [0.15, 0.2) is 24.3 Å². The van der Waals surface area contributed by atoms with Crippen LogP contribution in [0.2, 0.25) is 0 Å². The smallest absolute Gasteiger partial charge is 0.0448 e. The highest BCUT2D eigenvalue weighted by Crippen LogP contribution is 2.48. The minimum Gasteiger partial charge on any atom is -0.396 e. The highest BCUT2D eigenvalue weighted by atomic mass is 16.3. The Hall–Kier alpha value is -0.860. The molecule has 1 fully saturated rings. The van der Waals surface area contributed by atoms with Crippen LogP contribution in [0.5, 0.6) is 0 Å². The van der Waals surface area contributed by atoms with E-state index in [1.807, 2.05) is 0 Å². The second kappa shape index (κ2) is 5.26. The molecule has 0 spiro atoms. The van der Waals surface area contributed by atoms with Crippen molar-refractivity contribution in [1.29, 1.82) is 0 Å². The fourth-order valence-corrected chi connectivity index (χ4v) is 4.61. The van der Waals surface area contributed by atoms with Crippen molar-refractivity contribution in [3.63, 3.8) is 0 Å². The molecule has 0 heterocycles. The lowest BCUT2D eigenvalue weighted by molar-refractivity contribution is 0.134. The van der Waals surface area contributed by atoms with Gasteiger partial charge in [-0.2, -0.15) is 0 Å². The quantitative estimate of drug-likeness (QED) is 0.871. The van der Waals surface area contributed by atoms with Crippen LogP contribution >= 0.6 is 0 Å². The minimum absolute atomic E-state index is 0.169. The Bertz CT molecular complexity index is 402. The third kappa shape index (κ3) is 2.11. The van der Waals surface area contributed by atoms with E-state index >= 15 is 0 Å². The van der Waals surface area contributed by atoms with E-state index in [-0.39, 0.29) is 5.54 Å². The first-order valence-electron chi connectivity index (χ1n) is 7.73. The summed E-state index contributed by atoms with van der Waals surface area (Å²) in [6.07, 6.45) is 5.89. The van der Waals surface area contributed by atoms with E-state index in [9.17, 15) is 5.11 Å². The molecule has 2 unspecified atom stereocenters. The molecule has 3 rings (SSSR count). The summed E-state index contributed by atoms with van der Waals surface area (Å²) in [7, 11) is 0. The number of aliphatic hydroxyl groups is 1. The summed E-state index contributed by atoms with van der Waals surface area (Å²) < 4.78 is 0. The molecule has 2 heteroatoms. The number of hydrogen-bond donors (Lipinski definition) is 2. The zero-order chi connectivity index (χ0) is 13.3. The molecule has 104 valence electrons. The van der Waals surface area contributed by atoms with Crippen LogP contribution in [-0.4, -0.2) is 23.8 Å². The van der Waals surface area contributed by atoms with E-state index < -0.39 is 0 Å². The van der Waals surface area contributed by atoms with Crippen LogP contribution in [0.4, 0.5) is 0 Å². The van der Waals surface area contributed by atoms with Crippen molar-refractivity contribution in [3.05, 3.63) is 35.4 Å². The maximum absolute atomic E-state index is 9.54. The summed E-state index contributed by atoms with van der Waals surface area (Å²) >= 11 is 0. The van der Waals surface area contributed by atoms with Gasteiger partial charge >= 0.3 is 0 Å². The van der Waals surface area contributed by atoms with Crippen LogP contribution in [0.25, 0.3) is 0 Å². The Balaban J connectivity index is 1.97. The monoisotopic (exact) mass is 259 g/mol. The summed E-state index contributed by atoms with van der Waals surface area (Å²) in [4.78, 5) is 0. The zero-order valence-electron chi connectivity index (χ0n) is 11.9. The third-order valence-electron chi connectivity index (χ3n) is 5.40. The van der Waals surface area contributed by atoms with Gasteiger partial charge in [0.25, 0.3) is 0 Å². The number of fused-ring (bicyclic) bond motifs is 3. The first-order valence-corrected chi connectivity index (χ1v) is 7.73. The van der Waals surface area contributed by atoms with E-state index in [0.29, 0.717) is 18.4 Å². The number of aliphatic hydroxyl groups excluding tert-OH is 1. The lowest BCUT2D eigenvalue weighted by Crippen LogP contribution is -2.54. The standard InChI is InChI=1S/C17H25NO/c1-2-18-17(9-10-19)15-7-8-16(17)12-14-6-4-3-5-13(14)11-15/h3-6,15-16,18-19H,2,7-12H2,1H3. The van der Waals surface area contributed by atoms with Gasteiger partial charge in [-0.15, -0.1) is 0 Å². The van der Waals surface area contributed by atoms with Gasteiger partial charge in [-0.05, 0) is 61.6 Å². The second-order valence-corrected chi connectivity index (χ2v) is 6.19. The molecule has 2 aliphatic carbocycles. The maximum Gasteiger partial charge on any atom is 0.0448 e. The Morgan fingerprint density at radius 3 is 2.21 bits per heavy atom. The zero-order valence-corrected chi connectivity index (χ0v) is 11.9. The SMILES string of the molecule is CCNC1(CCO)C2CCC1Cc1ccccc1C2. The Morgan fingerprint density at radius 2 is 1.74 bits per heavy atom. The molecule has 0 radical (unpaired) electrons. The molecule has 0 amide bonds. The molecule has 2 nitrogen and oxygen atoms in total. The van der Waals surface area contributed by atoms with Gasteiger partial charge in [-0.1, -0.05) is 31.2 Å². The van der Waals surface area contributed by atoms with Gasteiger partial charge in [-0.25, -0.2) is 0 Å². The summed E-state index contributed by atoms with van der Waals surface area (Å²) in [5.41, 5.74) is 3.24. The van der Waals surface area contributed by atoms with Gasteiger partial charge in [0.2, 0.25) is 0 Å². The van der Waals surface area contributed by atoms with Gasteiger partial charge in [-0.3, -0.25) is 0 Å². The lowest BCUT2D eigenvalue weighted by Gasteiger charge is -2.40. The molecule has 1 aromatic carbocycles. The largest absolute Gasteiger partial charge is 0.396 e. The number of benzene rings is 1. The van der Waals surface area contributed by atoms with Crippen LogP contribution in [-0.2, 0) is 12.8 Å². The summed E-state index contributed by atoms with van der Waals surface area (Å²) in [6, 6.07) is 8.93. The Labute approximate surface area is 116 Å². The molecule has 2 bridgehead atoms. The van der Waals surface area contributed by atoms with Crippen molar-refractivity contribution in [2.45, 2.75) is 44.6 Å². The van der Waals surface area contributed by atoms with E-state index in [4.69, 9.17) is 0 Å². The molecule has 2 N–H and O–H groups in total. The van der Waals surface area contributed by atoms with Crippen molar-refractivity contribution in [2.24, 2.45) is 11.8 Å². The van der Waals surface area contributed by atoms with Gasteiger partial charge in [0.15, 0.2) is 0 Å². The fourth-order valence-electron chi connectivity index (χ4n) is 4.61. The summed E-state index contributed by atoms with van der Waals surface area (Å²) in [5.74, 6) is 1.38.